The van der Waals surface area contributed by atoms with Gasteiger partial charge in [0, 0.05) is 6.42 Å². The van der Waals surface area contributed by atoms with Gasteiger partial charge in [0.2, 0.25) is 0 Å². The zero-order valence-corrected chi connectivity index (χ0v) is 14.6. The number of aliphatic hydroxyl groups excluding tert-OH is 2. The Bertz CT molecular complexity index is 650. The second kappa shape index (κ2) is 10.4. The third-order valence-corrected chi connectivity index (χ3v) is 3.62. The highest BCUT2D eigenvalue weighted by molar-refractivity contribution is 5.83. The first-order chi connectivity index (χ1) is 12.6. The summed E-state index contributed by atoms with van der Waals surface area (Å²) in [5.74, 6) is -2.49. The smallest absolute Gasteiger partial charge is 0.328 e. The molecule has 0 aliphatic heterocycles. The molecule has 0 aromatic carbocycles. The van der Waals surface area contributed by atoms with Crippen LogP contribution in [0.5, 0.6) is 0 Å². The predicted molar refractivity (Wildman–Crippen MR) is 89.5 cm³/mol. The molecule has 1 rings (SSSR count). The molecule has 4 atom stereocenters. The quantitative estimate of drug-likeness (QED) is 0.214. The van der Waals surface area contributed by atoms with Gasteiger partial charge in [-0.3, -0.25) is 9.48 Å². The average molecular weight is 388 g/mol. The number of hydrogen-bond acceptors (Lipinski definition) is 8. The number of urea groups is 1. The van der Waals surface area contributed by atoms with Crippen molar-refractivity contribution in [3.63, 3.8) is 0 Å². The van der Waals surface area contributed by atoms with Crippen LogP contribution in [0.2, 0.25) is 0 Å². The van der Waals surface area contributed by atoms with E-state index in [4.69, 9.17) is 21.1 Å². The second-order valence-electron chi connectivity index (χ2n) is 5.96. The lowest BCUT2D eigenvalue weighted by Gasteiger charge is -2.21. The van der Waals surface area contributed by atoms with E-state index >= 15 is 0 Å². The van der Waals surface area contributed by atoms with E-state index in [0.717, 1.165) is 0 Å². The number of aliphatic carboxylic acids is 2. The molecule has 0 aliphatic carbocycles. The zero-order valence-electron chi connectivity index (χ0n) is 14.6. The third-order valence-electron chi connectivity index (χ3n) is 3.62. The van der Waals surface area contributed by atoms with E-state index in [1.54, 1.807) is 0 Å². The topological polar surface area (TPSA) is 213 Å². The molecule has 0 radical (unpaired) electrons. The van der Waals surface area contributed by atoms with Crippen LogP contribution in [-0.2, 0) is 16.1 Å². The number of amides is 2. The first-order valence-corrected chi connectivity index (χ1v) is 8.10. The van der Waals surface area contributed by atoms with Crippen molar-refractivity contribution in [2.24, 2.45) is 5.73 Å². The van der Waals surface area contributed by atoms with E-state index < -0.39 is 42.2 Å². The van der Waals surface area contributed by atoms with Gasteiger partial charge in [0.15, 0.2) is 6.04 Å². The van der Waals surface area contributed by atoms with Gasteiger partial charge in [-0.1, -0.05) is 5.21 Å². The lowest BCUT2D eigenvalue weighted by Crippen LogP contribution is -2.53. The normalized spacial score (nSPS) is 15.4. The number of hydrogen-bond donors (Lipinski definition) is 7. The minimum absolute atomic E-state index is 0.0381. The Morgan fingerprint density at radius 1 is 1.30 bits per heavy atom. The number of nitrogens with one attached hydrogen (secondary N) is 2. The Labute approximate surface area is 154 Å². The molecule has 0 saturated carbocycles. The van der Waals surface area contributed by atoms with Crippen LogP contribution < -0.4 is 16.4 Å². The van der Waals surface area contributed by atoms with Crippen LogP contribution in [0.25, 0.3) is 0 Å². The highest BCUT2D eigenvalue weighted by Crippen LogP contribution is 2.07. The molecule has 0 saturated heterocycles. The number of nitrogens with zero attached hydrogens (tertiary/aromatic N) is 3. The van der Waals surface area contributed by atoms with E-state index in [2.05, 4.69) is 20.9 Å². The van der Waals surface area contributed by atoms with Crippen molar-refractivity contribution in [3.8, 4) is 0 Å². The Balaban J connectivity index is 2.78. The van der Waals surface area contributed by atoms with Gasteiger partial charge in [0.25, 0.3) is 0 Å². The summed E-state index contributed by atoms with van der Waals surface area (Å²) in [6, 6.07) is -3.85. The molecular weight excluding hydrogens is 364 g/mol. The van der Waals surface area contributed by atoms with Gasteiger partial charge in [0.05, 0.1) is 37.5 Å². The van der Waals surface area contributed by atoms with Gasteiger partial charge in [-0.05, 0) is 13.3 Å². The Kier molecular flexibility index (Phi) is 8.58. The number of carboxylic acid groups (broad SMARTS) is 2. The molecule has 1 heterocycles. The predicted octanol–water partition coefficient (Wildman–Crippen LogP) is -2.36. The summed E-state index contributed by atoms with van der Waals surface area (Å²) in [5.41, 5.74) is 5.94. The Morgan fingerprint density at radius 3 is 2.48 bits per heavy atom. The fraction of sp³-hybridized carbons (Fsp3) is 0.643. The summed E-state index contributed by atoms with van der Waals surface area (Å²) >= 11 is 0. The molecule has 0 spiro atoms. The maximum Gasteiger partial charge on any atom is 0.328 e. The fourth-order valence-corrected chi connectivity index (χ4v) is 2.16. The van der Waals surface area contributed by atoms with E-state index in [9.17, 15) is 19.5 Å². The summed E-state index contributed by atoms with van der Waals surface area (Å²) in [4.78, 5) is 33.9. The average Bonchev–Trinajstić information content (AvgIpc) is 3.04. The fourth-order valence-electron chi connectivity index (χ4n) is 2.16. The maximum absolute atomic E-state index is 12.0. The largest absolute Gasteiger partial charge is 0.481 e. The molecule has 8 N–H and O–H groups in total. The van der Waals surface area contributed by atoms with Gasteiger partial charge in [-0.15, -0.1) is 5.10 Å². The van der Waals surface area contributed by atoms with Crippen LogP contribution in [0.15, 0.2) is 6.20 Å². The number of nitrogens with two attached hydrogens (primary N) is 1. The molecule has 13 heteroatoms. The SMILES string of the molecule is CC(O)C(NC(=O)NC(CCC(=O)O)Cn1cc(C(N)CO)nn1)C(=O)O. The summed E-state index contributed by atoms with van der Waals surface area (Å²) in [7, 11) is 0. The van der Waals surface area contributed by atoms with Crippen molar-refractivity contribution in [2.75, 3.05) is 6.61 Å². The monoisotopic (exact) mass is 388 g/mol. The van der Waals surface area contributed by atoms with E-state index in [0.29, 0.717) is 5.69 Å². The molecule has 1 aromatic rings. The minimum atomic E-state index is -1.52. The molecule has 1 aromatic heterocycles. The van der Waals surface area contributed by atoms with Gasteiger partial charge in [-0.25, -0.2) is 9.59 Å². The number of carboxylic acids is 2. The van der Waals surface area contributed by atoms with Crippen LogP contribution in [-0.4, -0.2) is 78.2 Å². The van der Waals surface area contributed by atoms with Gasteiger partial charge >= 0.3 is 18.0 Å². The van der Waals surface area contributed by atoms with Crippen LogP contribution in [0.1, 0.15) is 31.5 Å². The molecule has 0 fully saturated rings. The van der Waals surface area contributed by atoms with Crippen molar-refractivity contribution in [2.45, 2.75) is 50.5 Å². The molecule has 0 bridgehead atoms. The minimum Gasteiger partial charge on any atom is -0.481 e. The number of rotatable bonds is 11. The van der Waals surface area contributed by atoms with Crippen molar-refractivity contribution in [1.82, 2.24) is 25.6 Å². The molecule has 2 amide bonds. The lowest BCUT2D eigenvalue weighted by molar-refractivity contribution is -0.141. The molecule has 13 nitrogen and oxygen atoms in total. The van der Waals surface area contributed by atoms with Crippen LogP contribution >= 0.6 is 0 Å². The van der Waals surface area contributed by atoms with Crippen molar-refractivity contribution in [3.05, 3.63) is 11.9 Å². The summed E-state index contributed by atoms with van der Waals surface area (Å²) in [5, 5.41) is 48.4. The van der Waals surface area contributed by atoms with Crippen molar-refractivity contribution in [1.29, 1.82) is 0 Å². The maximum atomic E-state index is 12.0. The Hall–Kier alpha value is -2.77. The summed E-state index contributed by atoms with van der Waals surface area (Å²) < 4.78 is 1.32. The second-order valence-corrected chi connectivity index (χ2v) is 5.96. The lowest BCUT2D eigenvalue weighted by atomic mass is 10.1. The van der Waals surface area contributed by atoms with Gasteiger partial charge in [0.1, 0.15) is 5.69 Å². The van der Waals surface area contributed by atoms with E-state index in [1.807, 2.05) is 0 Å². The third kappa shape index (κ3) is 7.55. The summed E-state index contributed by atoms with van der Waals surface area (Å²) in [6.45, 7) is 0.915. The molecule has 152 valence electrons. The van der Waals surface area contributed by atoms with Crippen LogP contribution in [0, 0.1) is 0 Å². The van der Waals surface area contributed by atoms with Crippen molar-refractivity contribution >= 4 is 18.0 Å². The molecule has 0 aliphatic rings. The molecule has 27 heavy (non-hydrogen) atoms. The zero-order chi connectivity index (χ0) is 20.6. The highest BCUT2D eigenvalue weighted by Gasteiger charge is 2.26. The van der Waals surface area contributed by atoms with E-state index in [1.165, 1.54) is 17.8 Å². The van der Waals surface area contributed by atoms with E-state index in [-0.39, 0.29) is 26.0 Å². The Morgan fingerprint density at radius 2 is 1.96 bits per heavy atom. The number of carbonyl (C=O) groups excluding carboxylic acids is 1. The van der Waals surface area contributed by atoms with Gasteiger partial charge in [-0.2, -0.15) is 0 Å². The van der Waals surface area contributed by atoms with Gasteiger partial charge < -0.3 is 36.8 Å². The first kappa shape index (κ1) is 22.3. The van der Waals surface area contributed by atoms with Crippen molar-refractivity contribution < 1.29 is 34.8 Å². The van der Waals surface area contributed by atoms with Crippen LogP contribution in [0.3, 0.4) is 0 Å². The number of aromatic nitrogens is 3. The number of carbonyl (C=O) groups is 3. The molecule has 4 unspecified atom stereocenters. The summed E-state index contributed by atoms with van der Waals surface area (Å²) in [6.07, 6.45) is -0.0920. The standard InChI is InChI=1S/C14H24N6O7/c1-7(22)12(13(25)26)17-14(27)16-8(2-3-11(23)24)4-20-5-10(18-19-20)9(15)6-21/h5,7-9,12,21-22H,2-4,6,15H2,1H3,(H,23,24)(H,25,26)(H2,16,17,27). The number of aliphatic hydroxyl groups is 2. The highest BCUT2D eigenvalue weighted by atomic mass is 16.4. The van der Waals surface area contributed by atoms with Crippen LogP contribution in [0.4, 0.5) is 4.79 Å². The first-order valence-electron chi connectivity index (χ1n) is 8.10. The molecular formula is C14H24N6O7.